The van der Waals surface area contributed by atoms with Crippen molar-refractivity contribution in [2.75, 3.05) is 20.8 Å². The summed E-state index contributed by atoms with van der Waals surface area (Å²) in [5.41, 5.74) is 7.89. The molecule has 0 atom stereocenters. The first kappa shape index (κ1) is 19.0. The molecule has 0 aliphatic heterocycles. The minimum atomic E-state index is -0.279. The zero-order valence-corrected chi connectivity index (χ0v) is 15.3. The van der Waals surface area contributed by atoms with Crippen LogP contribution in [-0.4, -0.2) is 42.8 Å². The van der Waals surface area contributed by atoms with Crippen LogP contribution in [0.2, 0.25) is 0 Å². The molecule has 0 radical (unpaired) electrons. The molecule has 1 heterocycles. The quantitative estimate of drug-likeness (QED) is 0.580. The van der Waals surface area contributed by atoms with E-state index in [1.54, 1.807) is 38.2 Å². The van der Waals surface area contributed by atoms with Gasteiger partial charge in [0.15, 0.2) is 5.69 Å². The Morgan fingerprint density at radius 2 is 2.12 bits per heavy atom. The van der Waals surface area contributed by atoms with Crippen molar-refractivity contribution >= 4 is 12.2 Å². The first-order valence-electron chi connectivity index (χ1n) is 7.93. The Bertz CT molecular complexity index is 839. The molecule has 0 aliphatic rings. The third kappa shape index (κ3) is 4.41. The number of nitrogens with two attached hydrogens (primary N) is 1. The van der Waals surface area contributed by atoms with Gasteiger partial charge in [-0.3, -0.25) is 9.48 Å². The molecule has 26 heavy (non-hydrogen) atoms. The van der Waals surface area contributed by atoms with E-state index in [1.165, 1.54) is 6.34 Å². The maximum absolute atomic E-state index is 12.4. The van der Waals surface area contributed by atoms with Gasteiger partial charge in [-0.1, -0.05) is 0 Å². The summed E-state index contributed by atoms with van der Waals surface area (Å²) in [5.74, 6) is 1.08. The maximum Gasteiger partial charge on any atom is 0.272 e. The van der Waals surface area contributed by atoms with E-state index in [1.807, 2.05) is 25.1 Å². The van der Waals surface area contributed by atoms with Gasteiger partial charge in [-0.25, -0.2) is 4.99 Å². The van der Waals surface area contributed by atoms with Crippen molar-refractivity contribution in [1.29, 1.82) is 0 Å². The van der Waals surface area contributed by atoms with E-state index >= 15 is 0 Å². The second-order valence-electron chi connectivity index (χ2n) is 5.56. The average Bonchev–Trinajstić information content (AvgIpc) is 3.05. The number of benzene rings is 1. The van der Waals surface area contributed by atoms with Gasteiger partial charge >= 0.3 is 0 Å². The number of rotatable bonds is 7. The monoisotopic (exact) mass is 357 g/mol. The average molecular weight is 357 g/mol. The first-order chi connectivity index (χ1) is 12.5. The molecule has 0 unspecified atom stereocenters. The van der Waals surface area contributed by atoms with Crippen LogP contribution in [0.4, 0.5) is 0 Å². The lowest BCUT2D eigenvalue weighted by atomic mass is 10.1. The molecule has 1 aromatic heterocycles. The van der Waals surface area contributed by atoms with E-state index < -0.39 is 0 Å². The SMILES string of the molecule is COc1ccc(OC)c(-c2cc(C(=O)NC/C(C)=C\N=CN)nn2C)c1. The van der Waals surface area contributed by atoms with Crippen molar-refractivity contribution in [3.63, 3.8) is 0 Å². The van der Waals surface area contributed by atoms with Gasteiger partial charge in [0, 0.05) is 25.4 Å². The van der Waals surface area contributed by atoms with Gasteiger partial charge in [-0.2, -0.15) is 5.10 Å². The van der Waals surface area contributed by atoms with Crippen molar-refractivity contribution < 1.29 is 14.3 Å². The Hall–Kier alpha value is -3.29. The second-order valence-corrected chi connectivity index (χ2v) is 5.56. The molecule has 2 aromatic rings. The molecule has 1 amide bonds. The molecule has 0 bridgehead atoms. The second kappa shape index (κ2) is 8.70. The zero-order valence-electron chi connectivity index (χ0n) is 15.3. The molecule has 138 valence electrons. The predicted octanol–water partition coefficient (Wildman–Crippen LogP) is 1.72. The highest BCUT2D eigenvalue weighted by molar-refractivity contribution is 5.93. The normalized spacial score (nSPS) is 11.6. The van der Waals surface area contributed by atoms with Crippen LogP contribution in [0.1, 0.15) is 17.4 Å². The summed E-state index contributed by atoms with van der Waals surface area (Å²) in [6, 6.07) is 7.18. The molecule has 0 aliphatic carbocycles. The highest BCUT2D eigenvalue weighted by Gasteiger charge is 2.17. The number of nitrogens with zero attached hydrogens (tertiary/aromatic N) is 3. The number of hydrogen-bond donors (Lipinski definition) is 2. The molecular weight excluding hydrogens is 334 g/mol. The number of aryl methyl sites for hydroxylation is 1. The van der Waals surface area contributed by atoms with Crippen LogP contribution in [-0.2, 0) is 7.05 Å². The van der Waals surface area contributed by atoms with Crippen molar-refractivity contribution in [2.24, 2.45) is 17.8 Å². The minimum Gasteiger partial charge on any atom is -0.497 e. The third-order valence-corrected chi connectivity index (χ3v) is 3.70. The lowest BCUT2D eigenvalue weighted by Crippen LogP contribution is -2.25. The summed E-state index contributed by atoms with van der Waals surface area (Å²) in [5, 5.41) is 7.09. The Morgan fingerprint density at radius 1 is 1.35 bits per heavy atom. The maximum atomic E-state index is 12.4. The van der Waals surface area contributed by atoms with Crippen molar-refractivity contribution in [2.45, 2.75) is 6.92 Å². The minimum absolute atomic E-state index is 0.279. The summed E-state index contributed by atoms with van der Waals surface area (Å²) >= 11 is 0. The smallest absolute Gasteiger partial charge is 0.272 e. The summed E-state index contributed by atoms with van der Waals surface area (Å²) in [7, 11) is 4.96. The van der Waals surface area contributed by atoms with Crippen LogP contribution in [0.5, 0.6) is 11.5 Å². The van der Waals surface area contributed by atoms with Crippen molar-refractivity contribution in [3.05, 3.63) is 41.7 Å². The van der Waals surface area contributed by atoms with Crippen LogP contribution in [0.15, 0.2) is 41.0 Å². The first-order valence-corrected chi connectivity index (χ1v) is 7.93. The number of carbonyl (C=O) groups excluding carboxylic acids is 1. The summed E-state index contributed by atoms with van der Waals surface area (Å²) in [6.45, 7) is 2.20. The summed E-state index contributed by atoms with van der Waals surface area (Å²) in [6.07, 6.45) is 2.78. The van der Waals surface area contributed by atoms with Gasteiger partial charge in [0.1, 0.15) is 11.5 Å². The fourth-order valence-electron chi connectivity index (χ4n) is 2.37. The van der Waals surface area contributed by atoms with E-state index in [0.717, 1.165) is 16.8 Å². The fourth-order valence-corrected chi connectivity index (χ4v) is 2.37. The van der Waals surface area contributed by atoms with Gasteiger partial charge in [0.2, 0.25) is 0 Å². The number of ether oxygens (including phenoxy) is 2. The van der Waals surface area contributed by atoms with Crippen LogP contribution in [0.3, 0.4) is 0 Å². The Kier molecular flexibility index (Phi) is 6.37. The molecule has 0 spiro atoms. The van der Waals surface area contributed by atoms with Gasteiger partial charge < -0.3 is 20.5 Å². The van der Waals surface area contributed by atoms with Gasteiger partial charge in [-0.15, -0.1) is 0 Å². The number of nitrogens with one attached hydrogen (secondary N) is 1. The molecule has 8 heteroatoms. The topological polar surface area (TPSA) is 104 Å². The number of aliphatic imine (C=N–C) groups is 1. The highest BCUT2D eigenvalue weighted by atomic mass is 16.5. The summed E-state index contributed by atoms with van der Waals surface area (Å²) in [4.78, 5) is 16.2. The standard InChI is InChI=1S/C18H23N5O3/c1-12(9-20-11-19)10-21-18(24)15-8-16(23(2)22-15)14-7-13(25-3)5-6-17(14)26-4/h5-9,11H,10H2,1-4H3,(H2,19,20)(H,21,24)/b12-9-. The van der Waals surface area contributed by atoms with Gasteiger partial charge in [0.05, 0.1) is 26.3 Å². The Balaban J connectivity index is 2.25. The van der Waals surface area contributed by atoms with Gasteiger partial charge in [0.25, 0.3) is 5.91 Å². The van der Waals surface area contributed by atoms with E-state index in [4.69, 9.17) is 15.2 Å². The van der Waals surface area contributed by atoms with Crippen molar-refractivity contribution in [1.82, 2.24) is 15.1 Å². The number of hydrogen-bond acceptors (Lipinski definition) is 5. The molecule has 3 N–H and O–H groups in total. The molecule has 2 rings (SSSR count). The van der Waals surface area contributed by atoms with Crippen LogP contribution < -0.4 is 20.5 Å². The highest BCUT2D eigenvalue weighted by Crippen LogP contribution is 2.33. The number of carbonyl (C=O) groups is 1. The third-order valence-electron chi connectivity index (χ3n) is 3.70. The Labute approximate surface area is 152 Å². The lowest BCUT2D eigenvalue weighted by Gasteiger charge is -2.10. The predicted molar refractivity (Wildman–Crippen MR) is 101 cm³/mol. The van der Waals surface area contributed by atoms with E-state index in [-0.39, 0.29) is 5.91 Å². The van der Waals surface area contributed by atoms with E-state index in [9.17, 15) is 4.79 Å². The molecule has 0 fully saturated rings. The largest absolute Gasteiger partial charge is 0.497 e. The molecule has 1 aromatic carbocycles. The zero-order chi connectivity index (χ0) is 19.1. The fraction of sp³-hybridized carbons (Fsp3) is 0.278. The van der Waals surface area contributed by atoms with Crippen LogP contribution >= 0.6 is 0 Å². The lowest BCUT2D eigenvalue weighted by molar-refractivity contribution is 0.0951. The molecule has 0 saturated heterocycles. The Morgan fingerprint density at radius 3 is 2.77 bits per heavy atom. The van der Waals surface area contributed by atoms with E-state index in [0.29, 0.717) is 23.7 Å². The van der Waals surface area contributed by atoms with Gasteiger partial charge in [-0.05, 0) is 36.8 Å². The van der Waals surface area contributed by atoms with E-state index in [2.05, 4.69) is 15.4 Å². The molecule has 0 saturated carbocycles. The summed E-state index contributed by atoms with van der Waals surface area (Å²) < 4.78 is 12.3. The van der Waals surface area contributed by atoms with Crippen molar-refractivity contribution in [3.8, 4) is 22.8 Å². The number of aromatic nitrogens is 2. The number of amides is 1. The van der Waals surface area contributed by atoms with Crippen LogP contribution in [0.25, 0.3) is 11.3 Å². The number of methoxy groups -OCH3 is 2. The molecule has 8 nitrogen and oxygen atoms in total. The van der Waals surface area contributed by atoms with Crippen LogP contribution in [0, 0.1) is 0 Å². The molecular formula is C18H23N5O3.